The van der Waals surface area contributed by atoms with Gasteiger partial charge in [-0.25, -0.2) is 4.39 Å². The number of halogens is 3. The third kappa shape index (κ3) is 2.64. The molecule has 0 unspecified atom stereocenters. The van der Waals surface area contributed by atoms with Crippen LogP contribution in [0.25, 0.3) is 11.1 Å². The molecule has 2 aromatic rings. The highest BCUT2D eigenvalue weighted by Crippen LogP contribution is 2.30. The average molecular weight is 280 g/mol. The average Bonchev–Trinajstić information content (AvgIpc) is 2.30. The zero-order valence-electron chi connectivity index (χ0n) is 9.25. The molecule has 2 rings (SSSR count). The van der Waals surface area contributed by atoms with E-state index in [2.05, 4.69) is 0 Å². The quantitative estimate of drug-likeness (QED) is 0.770. The molecule has 0 radical (unpaired) electrons. The van der Waals surface area contributed by atoms with E-state index < -0.39 is 5.82 Å². The number of nitrogens with zero attached hydrogens (tertiary/aromatic N) is 1. The molecule has 2 aromatic carbocycles. The second-order valence-electron chi connectivity index (χ2n) is 3.76. The lowest BCUT2D eigenvalue weighted by Gasteiger charge is -2.09. The molecule has 0 aliphatic rings. The first-order valence-corrected chi connectivity index (χ1v) is 5.98. The van der Waals surface area contributed by atoms with Crippen LogP contribution in [-0.2, 0) is 6.42 Å². The highest BCUT2D eigenvalue weighted by atomic mass is 35.5. The summed E-state index contributed by atoms with van der Waals surface area (Å²) in [7, 11) is 0. The van der Waals surface area contributed by atoms with Gasteiger partial charge in [0, 0.05) is 15.6 Å². The lowest BCUT2D eigenvalue weighted by molar-refractivity contribution is 0.616. The van der Waals surface area contributed by atoms with Gasteiger partial charge >= 0.3 is 0 Å². The fourth-order valence-corrected chi connectivity index (χ4v) is 2.32. The molecule has 0 aliphatic carbocycles. The minimum absolute atomic E-state index is 0.00609. The van der Waals surface area contributed by atoms with Crippen LogP contribution in [-0.4, -0.2) is 0 Å². The number of benzene rings is 2. The molecule has 0 saturated carbocycles. The van der Waals surface area contributed by atoms with Crippen LogP contribution in [0.3, 0.4) is 0 Å². The van der Waals surface area contributed by atoms with Crippen molar-refractivity contribution in [2.45, 2.75) is 6.42 Å². The van der Waals surface area contributed by atoms with Gasteiger partial charge < -0.3 is 0 Å². The number of hydrogen-bond acceptors (Lipinski definition) is 1. The summed E-state index contributed by atoms with van der Waals surface area (Å²) in [5.74, 6) is -0.398. The SMILES string of the molecule is N#CCc1c(F)cccc1-c1cc(Cl)cc(Cl)c1. The molecular weight excluding hydrogens is 272 g/mol. The Bertz CT molecular complexity index is 612. The minimum atomic E-state index is -0.398. The Hall–Kier alpha value is -1.56. The van der Waals surface area contributed by atoms with Crippen LogP contribution in [0.2, 0.25) is 10.0 Å². The third-order valence-corrected chi connectivity index (χ3v) is 2.98. The maximum Gasteiger partial charge on any atom is 0.128 e. The number of hydrogen-bond donors (Lipinski definition) is 0. The van der Waals surface area contributed by atoms with E-state index in [1.165, 1.54) is 6.07 Å². The molecule has 0 N–H and O–H groups in total. The molecule has 0 fully saturated rings. The summed E-state index contributed by atoms with van der Waals surface area (Å²) in [6.45, 7) is 0. The fraction of sp³-hybridized carbons (Fsp3) is 0.0714. The fourth-order valence-electron chi connectivity index (χ4n) is 1.80. The van der Waals surface area contributed by atoms with Crippen molar-refractivity contribution in [2.75, 3.05) is 0 Å². The van der Waals surface area contributed by atoms with Gasteiger partial charge in [0.1, 0.15) is 5.82 Å². The van der Waals surface area contributed by atoms with Crippen molar-refractivity contribution in [2.24, 2.45) is 0 Å². The molecule has 0 bridgehead atoms. The molecule has 90 valence electrons. The third-order valence-electron chi connectivity index (χ3n) is 2.55. The van der Waals surface area contributed by atoms with Crippen molar-refractivity contribution in [3.63, 3.8) is 0 Å². The molecule has 4 heteroatoms. The Morgan fingerprint density at radius 3 is 2.39 bits per heavy atom. The zero-order chi connectivity index (χ0) is 13.1. The molecule has 0 aliphatic heterocycles. The van der Waals surface area contributed by atoms with Gasteiger partial charge in [-0.05, 0) is 35.4 Å². The largest absolute Gasteiger partial charge is 0.207 e. The van der Waals surface area contributed by atoms with Gasteiger partial charge in [0.05, 0.1) is 12.5 Å². The molecule has 0 saturated heterocycles. The van der Waals surface area contributed by atoms with Gasteiger partial charge in [-0.1, -0.05) is 35.3 Å². The van der Waals surface area contributed by atoms with E-state index >= 15 is 0 Å². The van der Waals surface area contributed by atoms with E-state index in [-0.39, 0.29) is 6.42 Å². The second kappa shape index (κ2) is 5.39. The summed E-state index contributed by atoms with van der Waals surface area (Å²) in [6, 6.07) is 11.6. The maximum atomic E-state index is 13.7. The number of nitriles is 1. The molecule has 1 nitrogen and oxygen atoms in total. The van der Waals surface area contributed by atoms with Crippen LogP contribution in [0.5, 0.6) is 0 Å². The van der Waals surface area contributed by atoms with Gasteiger partial charge in [-0.15, -0.1) is 0 Å². The molecule has 0 spiro atoms. The lowest BCUT2D eigenvalue weighted by Crippen LogP contribution is -1.93. The topological polar surface area (TPSA) is 23.8 Å². The summed E-state index contributed by atoms with van der Waals surface area (Å²) in [6.07, 6.45) is 0.00609. The molecular formula is C14H8Cl2FN. The Morgan fingerprint density at radius 1 is 1.11 bits per heavy atom. The highest BCUT2D eigenvalue weighted by molar-refractivity contribution is 6.35. The van der Waals surface area contributed by atoms with Gasteiger partial charge in [-0.3, -0.25) is 0 Å². The van der Waals surface area contributed by atoms with Crippen LogP contribution in [0, 0.1) is 17.1 Å². The van der Waals surface area contributed by atoms with Crippen LogP contribution >= 0.6 is 23.2 Å². The van der Waals surface area contributed by atoms with Gasteiger partial charge in [0.15, 0.2) is 0 Å². The van der Waals surface area contributed by atoms with Crippen molar-refractivity contribution in [1.82, 2.24) is 0 Å². The summed E-state index contributed by atoms with van der Waals surface area (Å²) in [4.78, 5) is 0. The second-order valence-corrected chi connectivity index (χ2v) is 4.63. The van der Waals surface area contributed by atoms with Crippen molar-refractivity contribution in [3.05, 3.63) is 57.8 Å². The molecule has 18 heavy (non-hydrogen) atoms. The van der Waals surface area contributed by atoms with Crippen molar-refractivity contribution in [3.8, 4) is 17.2 Å². The van der Waals surface area contributed by atoms with E-state index in [0.29, 0.717) is 26.7 Å². The molecule has 0 atom stereocenters. The molecule has 0 aromatic heterocycles. The van der Waals surface area contributed by atoms with Crippen LogP contribution in [0.1, 0.15) is 5.56 Å². The Labute approximate surface area is 114 Å². The van der Waals surface area contributed by atoms with Crippen LogP contribution < -0.4 is 0 Å². The van der Waals surface area contributed by atoms with Crippen LogP contribution in [0.4, 0.5) is 4.39 Å². The van der Waals surface area contributed by atoms with Gasteiger partial charge in [-0.2, -0.15) is 5.26 Å². The monoisotopic (exact) mass is 279 g/mol. The zero-order valence-corrected chi connectivity index (χ0v) is 10.8. The molecule has 0 amide bonds. The maximum absolute atomic E-state index is 13.7. The van der Waals surface area contributed by atoms with E-state index in [4.69, 9.17) is 28.5 Å². The van der Waals surface area contributed by atoms with E-state index in [9.17, 15) is 4.39 Å². The summed E-state index contributed by atoms with van der Waals surface area (Å²) >= 11 is 11.9. The first-order valence-electron chi connectivity index (χ1n) is 5.22. The predicted molar refractivity (Wildman–Crippen MR) is 71.2 cm³/mol. The minimum Gasteiger partial charge on any atom is -0.207 e. The first kappa shape index (κ1) is 12.9. The van der Waals surface area contributed by atoms with E-state index in [0.717, 1.165) is 0 Å². The Kier molecular flexibility index (Phi) is 3.86. The van der Waals surface area contributed by atoms with E-state index in [1.807, 2.05) is 6.07 Å². The van der Waals surface area contributed by atoms with E-state index in [1.54, 1.807) is 30.3 Å². The summed E-state index contributed by atoms with van der Waals surface area (Å²) < 4.78 is 13.7. The van der Waals surface area contributed by atoms with Gasteiger partial charge in [0.25, 0.3) is 0 Å². The molecule has 0 heterocycles. The summed E-state index contributed by atoms with van der Waals surface area (Å²) in [5.41, 5.74) is 1.71. The first-order chi connectivity index (χ1) is 8.61. The van der Waals surface area contributed by atoms with Gasteiger partial charge in [0.2, 0.25) is 0 Å². The predicted octanol–water partition coefficient (Wildman–Crippen LogP) is 4.87. The Balaban J connectivity index is 2.63. The summed E-state index contributed by atoms with van der Waals surface area (Å²) in [5, 5.41) is 9.71. The highest BCUT2D eigenvalue weighted by Gasteiger charge is 2.11. The standard InChI is InChI=1S/C14H8Cl2FN/c15-10-6-9(7-11(16)8-10)12-2-1-3-14(17)13(12)4-5-18/h1-3,6-8H,4H2. The number of rotatable bonds is 2. The normalized spacial score (nSPS) is 10.1. The van der Waals surface area contributed by atoms with Crippen molar-refractivity contribution >= 4 is 23.2 Å². The van der Waals surface area contributed by atoms with Crippen molar-refractivity contribution < 1.29 is 4.39 Å². The Morgan fingerprint density at radius 2 is 1.78 bits per heavy atom. The van der Waals surface area contributed by atoms with Crippen molar-refractivity contribution in [1.29, 1.82) is 5.26 Å². The lowest BCUT2D eigenvalue weighted by atomic mass is 9.97. The smallest absolute Gasteiger partial charge is 0.128 e. The van der Waals surface area contributed by atoms with Crippen LogP contribution in [0.15, 0.2) is 36.4 Å².